The Hall–Kier alpha value is -2.34. The molecule has 2 aromatic rings. The Morgan fingerprint density at radius 2 is 1.74 bits per heavy atom. The van der Waals surface area contributed by atoms with Gasteiger partial charge in [-0.15, -0.1) is 0 Å². The molecule has 144 valence electrons. The molecule has 4 rings (SSSR count). The number of aromatic nitrogens is 1. The number of carbonyl (C=O) groups excluding carboxylic acids is 2. The predicted octanol–water partition coefficient (Wildman–Crippen LogP) is 2.37. The average Bonchev–Trinajstić information content (AvgIpc) is 3.12. The van der Waals surface area contributed by atoms with E-state index in [1.165, 1.54) is 0 Å². The Bertz CT molecular complexity index is 830. The number of hydrogen-bond donors (Lipinski definition) is 0. The Kier molecular flexibility index (Phi) is 5.16. The molecule has 0 radical (unpaired) electrons. The van der Waals surface area contributed by atoms with Crippen molar-refractivity contribution in [3.8, 4) is 0 Å². The molecule has 27 heavy (non-hydrogen) atoms. The van der Waals surface area contributed by atoms with Crippen LogP contribution in [0.2, 0.25) is 0 Å². The molecule has 2 aliphatic heterocycles. The number of carbonyl (C=O) groups is 2. The van der Waals surface area contributed by atoms with Crippen molar-refractivity contribution < 1.29 is 14.3 Å². The van der Waals surface area contributed by atoms with Crippen molar-refractivity contribution in [3.05, 3.63) is 36.0 Å². The summed E-state index contributed by atoms with van der Waals surface area (Å²) in [6.07, 6.45) is 1.49. The highest BCUT2D eigenvalue weighted by Crippen LogP contribution is 2.25. The molecule has 0 spiro atoms. The molecular weight excluding hydrogens is 342 g/mol. The van der Waals surface area contributed by atoms with Gasteiger partial charge in [-0.2, -0.15) is 0 Å². The van der Waals surface area contributed by atoms with E-state index >= 15 is 0 Å². The van der Waals surface area contributed by atoms with Crippen LogP contribution in [0.5, 0.6) is 0 Å². The van der Waals surface area contributed by atoms with E-state index in [0.29, 0.717) is 39.4 Å². The van der Waals surface area contributed by atoms with Crippen molar-refractivity contribution in [2.24, 2.45) is 5.92 Å². The number of likely N-dealkylation sites (tertiary alicyclic amines) is 1. The number of rotatable bonds is 3. The minimum absolute atomic E-state index is 0.0317. The molecule has 3 heterocycles. The largest absolute Gasteiger partial charge is 0.378 e. The Balaban J connectivity index is 1.44. The number of benzene rings is 1. The summed E-state index contributed by atoms with van der Waals surface area (Å²) < 4.78 is 7.42. The second-order valence-corrected chi connectivity index (χ2v) is 7.34. The van der Waals surface area contributed by atoms with Crippen LogP contribution in [0.3, 0.4) is 0 Å². The second kappa shape index (κ2) is 7.72. The van der Waals surface area contributed by atoms with Crippen LogP contribution in [0.25, 0.3) is 10.9 Å². The molecule has 2 fully saturated rings. The molecule has 2 aliphatic rings. The summed E-state index contributed by atoms with van der Waals surface area (Å²) in [5, 5.41) is 1.10. The Labute approximate surface area is 159 Å². The first-order chi connectivity index (χ1) is 13.2. The molecule has 1 aromatic carbocycles. The lowest BCUT2D eigenvalue weighted by atomic mass is 9.95. The molecule has 0 saturated carbocycles. The molecule has 6 nitrogen and oxygen atoms in total. The first kappa shape index (κ1) is 18.0. The molecule has 0 atom stereocenters. The summed E-state index contributed by atoms with van der Waals surface area (Å²) in [4.78, 5) is 29.6. The van der Waals surface area contributed by atoms with E-state index in [1.54, 1.807) is 0 Å². The van der Waals surface area contributed by atoms with Gasteiger partial charge in [-0.1, -0.05) is 18.2 Å². The lowest BCUT2D eigenvalue weighted by Gasteiger charge is -2.35. The van der Waals surface area contributed by atoms with E-state index in [0.717, 1.165) is 36.0 Å². The van der Waals surface area contributed by atoms with Crippen LogP contribution in [-0.2, 0) is 16.1 Å². The van der Waals surface area contributed by atoms with Crippen molar-refractivity contribution >= 4 is 22.7 Å². The molecule has 1 aromatic heterocycles. The fourth-order valence-corrected chi connectivity index (χ4v) is 4.26. The van der Waals surface area contributed by atoms with E-state index in [2.05, 4.69) is 17.6 Å². The lowest BCUT2D eigenvalue weighted by Crippen LogP contribution is -2.47. The minimum Gasteiger partial charge on any atom is -0.378 e. The summed E-state index contributed by atoms with van der Waals surface area (Å²) in [6, 6.07) is 10.1. The van der Waals surface area contributed by atoms with E-state index < -0.39 is 0 Å². The van der Waals surface area contributed by atoms with Crippen LogP contribution in [0.1, 0.15) is 30.3 Å². The monoisotopic (exact) mass is 369 g/mol. The maximum Gasteiger partial charge on any atom is 0.270 e. The van der Waals surface area contributed by atoms with Crippen molar-refractivity contribution in [1.82, 2.24) is 14.4 Å². The van der Waals surface area contributed by atoms with Crippen LogP contribution in [0.4, 0.5) is 0 Å². The van der Waals surface area contributed by atoms with Crippen molar-refractivity contribution in [2.45, 2.75) is 26.3 Å². The highest BCUT2D eigenvalue weighted by atomic mass is 16.5. The third kappa shape index (κ3) is 3.46. The van der Waals surface area contributed by atoms with Gasteiger partial charge >= 0.3 is 0 Å². The first-order valence-electron chi connectivity index (χ1n) is 9.93. The predicted molar refractivity (Wildman–Crippen MR) is 104 cm³/mol. The van der Waals surface area contributed by atoms with Gasteiger partial charge in [-0.3, -0.25) is 9.59 Å². The fraction of sp³-hybridized carbons (Fsp3) is 0.524. The second-order valence-electron chi connectivity index (χ2n) is 7.34. The SMILES string of the molecule is CCn1c(C(=O)N2CCC(C(=O)N3CCOCC3)CC2)cc2ccccc21. The maximum atomic E-state index is 13.1. The van der Waals surface area contributed by atoms with Crippen molar-refractivity contribution in [3.63, 3.8) is 0 Å². The van der Waals surface area contributed by atoms with Gasteiger partial charge < -0.3 is 19.1 Å². The molecule has 2 saturated heterocycles. The summed E-state index contributed by atoms with van der Waals surface area (Å²) in [7, 11) is 0. The first-order valence-corrected chi connectivity index (χ1v) is 9.93. The number of hydrogen-bond acceptors (Lipinski definition) is 3. The zero-order valence-corrected chi connectivity index (χ0v) is 15.9. The van der Waals surface area contributed by atoms with Crippen LogP contribution >= 0.6 is 0 Å². The molecule has 0 unspecified atom stereocenters. The quantitative estimate of drug-likeness (QED) is 0.835. The Morgan fingerprint density at radius 1 is 1.04 bits per heavy atom. The summed E-state index contributed by atoms with van der Waals surface area (Å²) in [5.41, 5.74) is 1.84. The number of nitrogens with zero attached hydrogens (tertiary/aromatic N) is 3. The van der Waals surface area contributed by atoms with Gasteiger partial charge in [0, 0.05) is 49.5 Å². The van der Waals surface area contributed by atoms with Crippen molar-refractivity contribution in [1.29, 1.82) is 0 Å². The van der Waals surface area contributed by atoms with Crippen LogP contribution in [0, 0.1) is 5.92 Å². The molecular formula is C21H27N3O3. The maximum absolute atomic E-state index is 13.1. The molecule has 2 amide bonds. The topological polar surface area (TPSA) is 54.8 Å². The molecule has 0 N–H and O–H groups in total. The van der Waals surface area contributed by atoms with E-state index in [4.69, 9.17) is 4.74 Å². The minimum atomic E-state index is 0.0317. The van der Waals surface area contributed by atoms with Gasteiger partial charge in [0.15, 0.2) is 0 Å². The highest BCUT2D eigenvalue weighted by molar-refractivity contribution is 5.99. The third-order valence-electron chi connectivity index (χ3n) is 5.80. The number of amides is 2. The molecule has 0 aliphatic carbocycles. The van der Waals surface area contributed by atoms with E-state index in [1.807, 2.05) is 34.1 Å². The normalized spacial score (nSPS) is 18.9. The zero-order chi connectivity index (χ0) is 18.8. The van der Waals surface area contributed by atoms with E-state index in [9.17, 15) is 9.59 Å². The third-order valence-corrected chi connectivity index (χ3v) is 5.80. The summed E-state index contributed by atoms with van der Waals surface area (Å²) in [5.74, 6) is 0.336. The van der Waals surface area contributed by atoms with Gasteiger partial charge in [-0.25, -0.2) is 0 Å². The van der Waals surface area contributed by atoms with Gasteiger partial charge in [-0.05, 0) is 31.9 Å². The van der Waals surface area contributed by atoms with Crippen LogP contribution in [0.15, 0.2) is 30.3 Å². The highest BCUT2D eigenvalue weighted by Gasteiger charge is 2.32. The van der Waals surface area contributed by atoms with E-state index in [-0.39, 0.29) is 17.7 Å². The summed E-state index contributed by atoms with van der Waals surface area (Å²) >= 11 is 0. The number of aryl methyl sites for hydroxylation is 1. The van der Waals surface area contributed by atoms with Crippen molar-refractivity contribution in [2.75, 3.05) is 39.4 Å². The van der Waals surface area contributed by atoms with Gasteiger partial charge in [0.25, 0.3) is 5.91 Å². The standard InChI is InChI=1S/C21H27N3O3/c1-2-24-18-6-4-3-5-17(18)15-19(24)21(26)22-9-7-16(8-10-22)20(25)23-11-13-27-14-12-23/h3-6,15-16H,2,7-14H2,1H3. The number of para-hydroxylation sites is 1. The molecule has 6 heteroatoms. The van der Waals surface area contributed by atoms with Gasteiger partial charge in [0.05, 0.1) is 13.2 Å². The van der Waals surface area contributed by atoms with Crippen LogP contribution < -0.4 is 0 Å². The van der Waals surface area contributed by atoms with Gasteiger partial charge in [0.1, 0.15) is 5.69 Å². The molecule has 0 bridgehead atoms. The smallest absolute Gasteiger partial charge is 0.270 e. The number of ether oxygens (including phenoxy) is 1. The fourth-order valence-electron chi connectivity index (χ4n) is 4.26. The summed E-state index contributed by atoms with van der Waals surface area (Å²) in [6.45, 7) is 6.76. The number of morpholine rings is 1. The number of piperidine rings is 1. The lowest BCUT2D eigenvalue weighted by molar-refractivity contribution is -0.141. The Morgan fingerprint density at radius 3 is 2.44 bits per heavy atom. The number of fused-ring (bicyclic) bond motifs is 1. The zero-order valence-electron chi connectivity index (χ0n) is 15.9. The van der Waals surface area contributed by atoms with Gasteiger partial charge in [0.2, 0.25) is 5.91 Å². The average molecular weight is 369 g/mol. The van der Waals surface area contributed by atoms with Crippen LogP contribution in [-0.4, -0.2) is 65.6 Å².